The number of hydrogen-bond acceptors (Lipinski definition) is 2. The largest absolute Gasteiger partial charge is 0.490 e. The molecule has 1 aromatic rings. The quantitative estimate of drug-likeness (QED) is 0.613. The summed E-state index contributed by atoms with van der Waals surface area (Å²) in [7, 11) is 0. The van der Waals surface area contributed by atoms with E-state index in [1.807, 2.05) is 0 Å². The minimum absolute atomic E-state index is 0.00220. The topological polar surface area (TPSA) is 59.1 Å². The van der Waals surface area contributed by atoms with E-state index >= 15 is 0 Å². The SMILES string of the molecule is CCC(CC)Oc1cc(Cl)ccc1C(=N)N. The Morgan fingerprint density at radius 1 is 1.44 bits per heavy atom. The van der Waals surface area contributed by atoms with Crippen LogP contribution in [0.4, 0.5) is 0 Å². The third-order valence-electron chi connectivity index (χ3n) is 2.44. The van der Waals surface area contributed by atoms with Crippen molar-refractivity contribution in [2.24, 2.45) is 5.73 Å². The first-order chi connectivity index (χ1) is 7.58. The molecule has 1 rings (SSSR count). The van der Waals surface area contributed by atoms with Gasteiger partial charge in [0.15, 0.2) is 0 Å². The second-order valence-corrected chi connectivity index (χ2v) is 4.05. The molecule has 0 atom stereocenters. The molecular formula is C12H17ClN2O. The molecule has 3 N–H and O–H groups in total. The van der Waals surface area contributed by atoms with E-state index < -0.39 is 0 Å². The van der Waals surface area contributed by atoms with E-state index in [9.17, 15) is 0 Å². The lowest BCUT2D eigenvalue weighted by molar-refractivity contribution is 0.192. The molecule has 0 saturated heterocycles. The standard InChI is InChI=1S/C12H17ClN2O/c1-3-9(4-2)16-11-7-8(13)5-6-10(11)12(14)15/h5-7,9H,3-4H2,1-2H3,(H3,14,15). The van der Waals surface area contributed by atoms with Gasteiger partial charge in [0.25, 0.3) is 0 Å². The molecule has 0 amide bonds. The number of rotatable bonds is 5. The summed E-state index contributed by atoms with van der Waals surface area (Å²) in [6.07, 6.45) is 1.97. The summed E-state index contributed by atoms with van der Waals surface area (Å²) in [5.74, 6) is 0.589. The third-order valence-corrected chi connectivity index (χ3v) is 2.67. The molecule has 0 fully saturated rings. The molecule has 0 spiro atoms. The molecular weight excluding hydrogens is 224 g/mol. The Balaban J connectivity index is 3.00. The van der Waals surface area contributed by atoms with Crippen molar-refractivity contribution >= 4 is 17.4 Å². The lowest BCUT2D eigenvalue weighted by Gasteiger charge is -2.18. The van der Waals surface area contributed by atoms with Gasteiger partial charge in [-0.1, -0.05) is 25.4 Å². The summed E-state index contributed by atoms with van der Waals surface area (Å²) >= 11 is 5.90. The lowest BCUT2D eigenvalue weighted by Crippen LogP contribution is -2.18. The molecule has 0 aromatic heterocycles. The summed E-state index contributed by atoms with van der Waals surface area (Å²) in [6, 6.07) is 5.12. The average molecular weight is 241 g/mol. The first-order valence-electron chi connectivity index (χ1n) is 5.39. The Morgan fingerprint density at radius 2 is 2.06 bits per heavy atom. The first kappa shape index (κ1) is 12.8. The van der Waals surface area contributed by atoms with E-state index in [0.29, 0.717) is 16.3 Å². The van der Waals surface area contributed by atoms with Crippen molar-refractivity contribution in [3.8, 4) is 5.75 Å². The van der Waals surface area contributed by atoms with Crippen LogP contribution in [0.2, 0.25) is 5.02 Å². The predicted octanol–water partition coefficient (Wildman–Crippen LogP) is 3.19. The van der Waals surface area contributed by atoms with Crippen LogP contribution in [0.25, 0.3) is 0 Å². The molecule has 88 valence electrons. The number of ether oxygens (including phenoxy) is 1. The lowest BCUT2D eigenvalue weighted by atomic mass is 10.1. The molecule has 0 aliphatic heterocycles. The highest BCUT2D eigenvalue weighted by atomic mass is 35.5. The first-order valence-corrected chi connectivity index (χ1v) is 5.76. The fraction of sp³-hybridized carbons (Fsp3) is 0.417. The molecule has 0 saturated carbocycles. The van der Waals surface area contributed by atoms with Gasteiger partial charge in [-0.3, -0.25) is 5.41 Å². The number of nitrogens with two attached hydrogens (primary N) is 1. The Morgan fingerprint density at radius 3 is 2.56 bits per heavy atom. The van der Waals surface area contributed by atoms with Crippen molar-refractivity contribution < 1.29 is 4.74 Å². The monoisotopic (exact) mass is 240 g/mol. The number of halogens is 1. The zero-order valence-electron chi connectivity index (χ0n) is 9.59. The Bertz CT molecular complexity index is 375. The normalized spacial score (nSPS) is 10.5. The minimum atomic E-state index is -0.00220. The average Bonchev–Trinajstić information content (AvgIpc) is 2.25. The van der Waals surface area contributed by atoms with E-state index in [0.717, 1.165) is 12.8 Å². The fourth-order valence-corrected chi connectivity index (χ4v) is 1.61. The maximum Gasteiger partial charge on any atom is 0.132 e. The molecule has 0 unspecified atom stereocenters. The highest BCUT2D eigenvalue weighted by Gasteiger charge is 2.11. The molecule has 0 bridgehead atoms. The van der Waals surface area contributed by atoms with Crippen molar-refractivity contribution in [1.82, 2.24) is 0 Å². The van der Waals surface area contributed by atoms with Crippen molar-refractivity contribution in [3.63, 3.8) is 0 Å². The van der Waals surface area contributed by atoms with Crippen LogP contribution in [0, 0.1) is 5.41 Å². The maximum absolute atomic E-state index is 7.46. The van der Waals surface area contributed by atoms with Gasteiger partial charge in [-0.15, -0.1) is 0 Å². The van der Waals surface area contributed by atoms with Crippen LogP contribution in [-0.2, 0) is 0 Å². The predicted molar refractivity (Wildman–Crippen MR) is 67.5 cm³/mol. The molecule has 16 heavy (non-hydrogen) atoms. The molecule has 0 radical (unpaired) electrons. The van der Waals surface area contributed by atoms with Gasteiger partial charge in [-0.25, -0.2) is 0 Å². The van der Waals surface area contributed by atoms with Gasteiger partial charge in [0.05, 0.1) is 11.7 Å². The number of amidine groups is 1. The summed E-state index contributed by atoms with van der Waals surface area (Å²) in [5, 5.41) is 8.05. The number of benzene rings is 1. The molecule has 1 aromatic carbocycles. The van der Waals surface area contributed by atoms with Crippen LogP contribution in [0.1, 0.15) is 32.3 Å². The number of nitrogen functional groups attached to an aromatic ring is 1. The van der Waals surface area contributed by atoms with Crippen LogP contribution in [0.3, 0.4) is 0 Å². The molecule has 0 aliphatic carbocycles. The van der Waals surface area contributed by atoms with Crippen LogP contribution in [-0.4, -0.2) is 11.9 Å². The van der Waals surface area contributed by atoms with Crippen LogP contribution in [0.15, 0.2) is 18.2 Å². The number of nitrogens with one attached hydrogen (secondary N) is 1. The molecule has 3 nitrogen and oxygen atoms in total. The fourth-order valence-electron chi connectivity index (χ4n) is 1.45. The highest BCUT2D eigenvalue weighted by molar-refractivity contribution is 6.30. The van der Waals surface area contributed by atoms with E-state index in [2.05, 4.69) is 13.8 Å². The van der Waals surface area contributed by atoms with Gasteiger partial charge >= 0.3 is 0 Å². The van der Waals surface area contributed by atoms with Gasteiger partial charge in [-0.05, 0) is 31.0 Å². The van der Waals surface area contributed by atoms with Gasteiger partial charge in [0, 0.05) is 5.02 Å². The van der Waals surface area contributed by atoms with Crippen LogP contribution < -0.4 is 10.5 Å². The maximum atomic E-state index is 7.46. The van der Waals surface area contributed by atoms with Gasteiger partial charge in [0.1, 0.15) is 11.6 Å². The van der Waals surface area contributed by atoms with Crippen LogP contribution >= 0.6 is 11.6 Å². The van der Waals surface area contributed by atoms with Crippen molar-refractivity contribution in [3.05, 3.63) is 28.8 Å². The van der Waals surface area contributed by atoms with Gasteiger partial charge in [-0.2, -0.15) is 0 Å². The highest BCUT2D eigenvalue weighted by Crippen LogP contribution is 2.25. The summed E-state index contributed by atoms with van der Waals surface area (Å²) in [5.41, 5.74) is 6.08. The summed E-state index contributed by atoms with van der Waals surface area (Å²) in [6.45, 7) is 4.12. The minimum Gasteiger partial charge on any atom is -0.490 e. The van der Waals surface area contributed by atoms with E-state index in [1.54, 1.807) is 18.2 Å². The van der Waals surface area contributed by atoms with Crippen molar-refractivity contribution in [1.29, 1.82) is 5.41 Å². The number of hydrogen-bond donors (Lipinski definition) is 2. The molecule has 0 aliphatic rings. The zero-order chi connectivity index (χ0) is 12.1. The van der Waals surface area contributed by atoms with E-state index in [1.165, 1.54) is 0 Å². The van der Waals surface area contributed by atoms with E-state index in [-0.39, 0.29) is 11.9 Å². The summed E-state index contributed by atoms with van der Waals surface area (Å²) < 4.78 is 5.78. The van der Waals surface area contributed by atoms with Crippen LogP contribution in [0.5, 0.6) is 5.75 Å². The van der Waals surface area contributed by atoms with Crippen molar-refractivity contribution in [2.45, 2.75) is 32.8 Å². The second kappa shape index (κ2) is 5.75. The smallest absolute Gasteiger partial charge is 0.132 e. The van der Waals surface area contributed by atoms with Crippen molar-refractivity contribution in [2.75, 3.05) is 0 Å². The Hall–Kier alpha value is -1.22. The van der Waals surface area contributed by atoms with Gasteiger partial charge < -0.3 is 10.5 Å². The third kappa shape index (κ3) is 3.14. The second-order valence-electron chi connectivity index (χ2n) is 3.61. The van der Waals surface area contributed by atoms with Gasteiger partial charge in [0.2, 0.25) is 0 Å². The molecule has 4 heteroatoms. The molecule has 0 heterocycles. The zero-order valence-corrected chi connectivity index (χ0v) is 10.3. The Kier molecular flexibility index (Phi) is 4.62. The summed E-state index contributed by atoms with van der Waals surface area (Å²) in [4.78, 5) is 0. The van der Waals surface area contributed by atoms with E-state index in [4.69, 9.17) is 27.5 Å². The Labute approximate surface area is 101 Å².